The molecule has 0 saturated heterocycles. The number of nitrogens with zero attached hydrogens (tertiary/aromatic N) is 4. The van der Waals surface area contributed by atoms with Gasteiger partial charge in [-0.1, -0.05) is 48.5 Å². The molecule has 0 fully saturated rings. The Hall–Kier alpha value is -2.88. The number of hydrogen-bond donors (Lipinski definition) is 0. The third-order valence-electron chi connectivity index (χ3n) is 5.23. The topological polar surface area (TPSA) is 13.0 Å². The Balaban J connectivity index is 1.44. The molecule has 8 bridgehead atoms. The van der Waals surface area contributed by atoms with Crippen LogP contribution >= 0.6 is 0 Å². The van der Waals surface area contributed by atoms with Gasteiger partial charge >= 0.3 is 0 Å². The maximum atomic E-state index is 2.38. The summed E-state index contributed by atoms with van der Waals surface area (Å²) in [5.41, 5.74) is 5.51. The molecule has 0 spiro atoms. The lowest BCUT2D eigenvalue weighted by Crippen LogP contribution is -2.26. The maximum absolute atomic E-state index is 2.38. The highest BCUT2D eigenvalue weighted by atomic mass is 15.3. The summed E-state index contributed by atoms with van der Waals surface area (Å²) in [5, 5.41) is 0. The van der Waals surface area contributed by atoms with Gasteiger partial charge in [-0.05, 0) is 22.3 Å². The third kappa shape index (κ3) is 3.27. The standard InChI is InChI=1S/C22H24N4/c1-3-19-11-20(4-1)14-24-8-10-26(18-24)16-22-6-2-5-21(12-22)15-25-9-7-23(13-19)17-25/h1-12H,13-18H2. The van der Waals surface area contributed by atoms with Crippen LogP contribution in [0.3, 0.4) is 0 Å². The Bertz CT molecular complexity index is 727. The largest absolute Gasteiger partial charge is 0.354 e. The molecule has 4 heteroatoms. The van der Waals surface area contributed by atoms with Gasteiger partial charge in [0, 0.05) is 51.0 Å². The minimum atomic E-state index is 0.953. The summed E-state index contributed by atoms with van der Waals surface area (Å²) in [7, 11) is 0. The van der Waals surface area contributed by atoms with Crippen LogP contribution in [0.15, 0.2) is 73.3 Å². The molecule has 0 N–H and O–H groups in total. The van der Waals surface area contributed by atoms with Crippen LogP contribution < -0.4 is 0 Å². The third-order valence-corrected chi connectivity index (χ3v) is 5.23. The van der Waals surface area contributed by atoms with Crippen molar-refractivity contribution in [1.29, 1.82) is 0 Å². The second kappa shape index (κ2) is 6.45. The van der Waals surface area contributed by atoms with E-state index in [0.29, 0.717) is 0 Å². The zero-order valence-corrected chi connectivity index (χ0v) is 15.0. The molecule has 26 heavy (non-hydrogen) atoms. The van der Waals surface area contributed by atoms with Crippen LogP contribution in [0.1, 0.15) is 22.3 Å². The van der Waals surface area contributed by atoms with Crippen LogP contribution in [0.25, 0.3) is 0 Å². The van der Waals surface area contributed by atoms with Gasteiger partial charge in [0.2, 0.25) is 0 Å². The van der Waals surface area contributed by atoms with Crippen molar-refractivity contribution in [2.45, 2.75) is 26.2 Å². The van der Waals surface area contributed by atoms with E-state index in [1.165, 1.54) is 22.3 Å². The van der Waals surface area contributed by atoms with Crippen molar-refractivity contribution < 1.29 is 0 Å². The van der Waals surface area contributed by atoms with Crippen molar-refractivity contribution in [2.24, 2.45) is 0 Å². The molecule has 5 rings (SSSR count). The SMILES string of the molecule is C1=CN2Cc3cccc(c3)CN3C=CN(Cc4cccc(c4)CN1C2)C3. The average Bonchev–Trinajstić information content (AvgIpc) is 3.24. The lowest BCUT2D eigenvalue weighted by atomic mass is 10.1. The minimum absolute atomic E-state index is 0.953. The van der Waals surface area contributed by atoms with Gasteiger partial charge in [-0.15, -0.1) is 0 Å². The van der Waals surface area contributed by atoms with Crippen LogP contribution in [-0.4, -0.2) is 32.9 Å². The Morgan fingerprint density at radius 1 is 0.462 bits per heavy atom. The first-order valence-electron chi connectivity index (χ1n) is 9.29. The van der Waals surface area contributed by atoms with Crippen LogP contribution in [0.4, 0.5) is 0 Å². The summed E-state index contributed by atoms with van der Waals surface area (Å²) < 4.78 is 0. The van der Waals surface area contributed by atoms with Gasteiger partial charge < -0.3 is 19.6 Å². The molecule has 132 valence electrons. The molecule has 0 aliphatic carbocycles. The first-order valence-corrected chi connectivity index (χ1v) is 9.29. The van der Waals surface area contributed by atoms with E-state index in [-0.39, 0.29) is 0 Å². The molecule has 4 nitrogen and oxygen atoms in total. The van der Waals surface area contributed by atoms with E-state index >= 15 is 0 Å². The normalized spacial score (nSPS) is 18.8. The Labute approximate surface area is 155 Å². The smallest absolute Gasteiger partial charge is 0.0900 e. The van der Waals surface area contributed by atoms with Crippen LogP contribution in [-0.2, 0) is 26.2 Å². The van der Waals surface area contributed by atoms with Gasteiger partial charge in [0.25, 0.3) is 0 Å². The average molecular weight is 344 g/mol. The molecular formula is C22H24N4. The predicted octanol–water partition coefficient (Wildman–Crippen LogP) is 3.49. The summed E-state index contributed by atoms with van der Waals surface area (Å²) in [6.45, 7) is 5.75. The number of fused-ring (bicyclic) bond motifs is 8. The van der Waals surface area contributed by atoms with Gasteiger partial charge in [0.1, 0.15) is 0 Å². The fraction of sp³-hybridized carbons (Fsp3) is 0.273. The lowest BCUT2D eigenvalue weighted by molar-refractivity contribution is 0.250. The number of rotatable bonds is 0. The van der Waals surface area contributed by atoms with Crippen LogP contribution in [0.5, 0.6) is 0 Å². The van der Waals surface area contributed by atoms with Gasteiger partial charge in [-0.25, -0.2) is 0 Å². The minimum Gasteiger partial charge on any atom is -0.354 e. The highest BCUT2D eigenvalue weighted by Crippen LogP contribution is 2.20. The van der Waals surface area contributed by atoms with Crippen molar-refractivity contribution in [3.8, 4) is 0 Å². The van der Waals surface area contributed by atoms with Crippen molar-refractivity contribution in [1.82, 2.24) is 19.6 Å². The molecule has 2 aromatic rings. The van der Waals surface area contributed by atoms with E-state index in [4.69, 9.17) is 0 Å². The van der Waals surface area contributed by atoms with E-state index in [0.717, 1.165) is 39.5 Å². The van der Waals surface area contributed by atoms with Crippen molar-refractivity contribution in [2.75, 3.05) is 13.3 Å². The highest BCUT2D eigenvalue weighted by Gasteiger charge is 2.16. The summed E-state index contributed by atoms with van der Waals surface area (Å²) in [6, 6.07) is 18.0. The summed E-state index contributed by atoms with van der Waals surface area (Å²) in [6.07, 6.45) is 8.87. The van der Waals surface area contributed by atoms with E-state index in [1.54, 1.807) is 0 Å². The van der Waals surface area contributed by atoms with Crippen LogP contribution in [0, 0.1) is 0 Å². The highest BCUT2D eigenvalue weighted by molar-refractivity contribution is 5.26. The van der Waals surface area contributed by atoms with Crippen molar-refractivity contribution in [3.63, 3.8) is 0 Å². The fourth-order valence-electron chi connectivity index (χ4n) is 4.03. The van der Waals surface area contributed by atoms with Gasteiger partial charge in [0.15, 0.2) is 0 Å². The fourth-order valence-corrected chi connectivity index (χ4v) is 4.03. The second-order valence-electron chi connectivity index (χ2n) is 7.51. The quantitative estimate of drug-likeness (QED) is 0.725. The first kappa shape index (κ1) is 15.4. The van der Waals surface area contributed by atoms with Crippen molar-refractivity contribution >= 4 is 0 Å². The van der Waals surface area contributed by atoms with Crippen molar-refractivity contribution in [3.05, 3.63) is 95.6 Å². The lowest BCUT2D eigenvalue weighted by Gasteiger charge is -2.24. The molecule has 3 aliphatic heterocycles. The number of hydrogen-bond acceptors (Lipinski definition) is 4. The van der Waals surface area contributed by atoms with Crippen LogP contribution in [0.2, 0.25) is 0 Å². The Morgan fingerprint density at radius 2 is 0.769 bits per heavy atom. The maximum Gasteiger partial charge on any atom is 0.0900 e. The summed E-state index contributed by atoms with van der Waals surface area (Å²) in [4.78, 5) is 9.53. The molecule has 0 atom stereocenters. The molecule has 0 unspecified atom stereocenters. The van der Waals surface area contributed by atoms with E-state index in [9.17, 15) is 0 Å². The Morgan fingerprint density at radius 3 is 1.08 bits per heavy atom. The Kier molecular flexibility index (Phi) is 3.81. The number of benzene rings is 2. The van der Waals surface area contributed by atoms with E-state index < -0.39 is 0 Å². The van der Waals surface area contributed by atoms with Gasteiger partial charge in [-0.3, -0.25) is 0 Å². The monoisotopic (exact) mass is 344 g/mol. The second-order valence-corrected chi connectivity index (χ2v) is 7.51. The molecule has 0 aromatic heterocycles. The summed E-state index contributed by atoms with van der Waals surface area (Å²) >= 11 is 0. The molecule has 0 amide bonds. The predicted molar refractivity (Wildman–Crippen MR) is 103 cm³/mol. The molecule has 3 aliphatic rings. The zero-order valence-electron chi connectivity index (χ0n) is 15.0. The van der Waals surface area contributed by atoms with Gasteiger partial charge in [-0.2, -0.15) is 0 Å². The van der Waals surface area contributed by atoms with Gasteiger partial charge in [0.05, 0.1) is 13.3 Å². The summed E-state index contributed by atoms with van der Waals surface area (Å²) in [5.74, 6) is 0. The first-order chi connectivity index (χ1) is 12.8. The molecule has 2 aromatic carbocycles. The molecule has 0 saturated carbocycles. The zero-order chi connectivity index (χ0) is 17.3. The molecule has 3 heterocycles. The molecular weight excluding hydrogens is 320 g/mol. The van der Waals surface area contributed by atoms with E-state index in [1.807, 2.05) is 0 Å². The molecule has 0 radical (unpaired) electrons. The van der Waals surface area contributed by atoms with E-state index in [2.05, 4.69) is 92.9 Å².